The van der Waals surface area contributed by atoms with Gasteiger partial charge in [0.05, 0.1) is 12.2 Å². The number of nitrogens with two attached hydrogens (primary N) is 1. The molecule has 0 amide bonds. The van der Waals surface area contributed by atoms with Crippen LogP contribution < -0.4 is 10.6 Å². The summed E-state index contributed by atoms with van der Waals surface area (Å²) in [6, 6.07) is 0. The van der Waals surface area contributed by atoms with Gasteiger partial charge in [0.2, 0.25) is 0 Å². The van der Waals surface area contributed by atoms with Crippen molar-refractivity contribution in [1.29, 1.82) is 0 Å². The Labute approximate surface area is 89.6 Å². The zero-order valence-electron chi connectivity index (χ0n) is 9.45. The third-order valence-corrected chi connectivity index (χ3v) is 2.55. The normalized spacial score (nSPS) is 27.0. The third kappa shape index (κ3) is 2.07. The van der Waals surface area contributed by atoms with Gasteiger partial charge in [-0.3, -0.25) is 0 Å². The number of aromatic nitrogens is 2. The molecule has 2 heterocycles. The van der Waals surface area contributed by atoms with E-state index in [-0.39, 0.29) is 12.2 Å². The van der Waals surface area contributed by atoms with Crippen LogP contribution in [0.4, 0.5) is 11.6 Å². The molecule has 1 aromatic rings. The van der Waals surface area contributed by atoms with Crippen LogP contribution in [0.5, 0.6) is 0 Å². The molecule has 1 aromatic heterocycles. The number of aromatic amines is 1. The van der Waals surface area contributed by atoms with Crippen molar-refractivity contribution in [3.63, 3.8) is 0 Å². The summed E-state index contributed by atoms with van der Waals surface area (Å²) < 4.78 is 5.66. The van der Waals surface area contributed by atoms with Gasteiger partial charge in [-0.15, -0.1) is 0 Å². The number of nitrogen functional groups attached to an aromatic ring is 1. The van der Waals surface area contributed by atoms with Crippen LogP contribution in [0.3, 0.4) is 0 Å². The van der Waals surface area contributed by atoms with Gasteiger partial charge in [0.1, 0.15) is 11.6 Å². The molecule has 2 atom stereocenters. The molecule has 2 unspecified atom stereocenters. The minimum absolute atomic E-state index is 0.227. The van der Waals surface area contributed by atoms with Gasteiger partial charge in [-0.25, -0.2) is 4.98 Å². The minimum atomic E-state index is 0.227. The summed E-state index contributed by atoms with van der Waals surface area (Å²) >= 11 is 0. The number of imidazole rings is 1. The summed E-state index contributed by atoms with van der Waals surface area (Å²) in [4.78, 5) is 9.59. The highest BCUT2D eigenvalue weighted by Crippen LogP contribution is 2.23. The molecule has 0 aliphatic carbocycles. The Morgan fingerprint density at radius 2 is 2.00 bits per heavy atom. The lowest BCUT2D eigenvalue weighted by atomic mass is 10.2. The van der Waals surface area contributed by atoms with Gasteiger partial charge in [-0.05, 0) is 20.8 Å². The van der Waals surface area contributed by atoms with Crippen LogP contribution in [-0.2, 0) is 4.74 Å². The summed E-state index contributed by atoms with van der Waals surface area (Å²) in [5, 5.41) is 0. The average molecular weight is 210 g/mol. The van der Waals surface area contributed by atoms with Crippen molar-refractivity contribution in [2.24, 2.45) is 0 Å². The second-order valence-electron chi connectivity index (χ2n) is 4.22. The number of hydrogen-bond acceptors (Lipinski definition) is 4. The van der Waals surface area contributed by atoms with Crippen molar-refractivity contribution in [3.8, 4) is 0 Å². The van der Waals surface area contributed by atoms with Crippen LogP contribution in [0, 0.1) is 6.92 Å². The van der Waals surface area contributed by atoms with Crippen molar-refractivity contribution in [1.82, 2.24) is 9.97 Å². The highest BCUT2D eigenvalue weighted by atomic mass is 16.5. The molecule has 3 N–H and O–H groups in total. The topological polar surface area (TPSA) is 67.2 Å². The molecule has 5 nitrogen and oxygen atoms in total. The standard InChI is InChI=1S/C10H18N4O/c1-6-4-14(5-7(2)15-6)10-9(11)12-8(3)13-10/h6-7H,4-5,11H2,1-3H3,(H,12,13). The second kappa shape index (κ2) is 3.73. The monoisotopic (exact) mass is 210 g/mol. The van der Waals surface area contributed by atoms with Crippen molar-refractivity contribution in [2.45, 2.75) is 33.0 Å². The second-order valence-corrected chi connectivity index (χ2v) is 4.22. The molecule has 1 saturated heterocycles. The Bertz CT molecular complexity index is 339. The van der Waals surface area contributed by atoms with Crippen LogP contribution in [0.15, 0.2) is 0 Å². The van der Waals surface area contributed by atoms with E-state index in [9.17, 15) is 0 Å². The van der Waals surface area contributed by atoms with Gasteiger partial charge in [-0.2, -0.15) is 0 Å². The van der Waals surface area contributed by atoms with Crippen molar-refractivity contribution < 1.29 is 4.74 Å². The zero-order chi connectivity index (χ0) is 11.0. The third-order valence-electron chi connectivity index (χ3n) is 2.55. The molecule has 0 aromatic carbocycles. The van der Waals surface area contributed by atoms with E-state index in [2.05, 4.69) is 28.7 Å². The smallest absolute Gasteiger partial charge is 0.171 e. The van der Waals surface area contributed by atoms with E-state index in [1.807, 2.05) is 6.92 Å². The van der Waals surface area contributed by atoms with E-state index in [0.717, 1.165) is 24.7 Å². The van der Waals surface area contributed by atoms with E-state index < -0.39 is 0 Å². The fraction of sp³-hybridized carbons (Fsp3) is 0.700. The SMILES string of the molecule is Cc1nc(N2CC(C)OC(C)C2)c(N)[nH]1. The lowest BCUT2D eigenvalue weighted by Gasteiger charge is -2.35. The van der Waals surface area contributed by atoms with Crippen LogP contribution >= 0.6 is 0 Å². The van der Waals surface area contributed by atoms with Gasteiger partial charge in [-0.1, -0.05) is 0 Å². The number of ether oxygens (including phenoxy) is 1. The number of hydrogen-bond donors (Lipinski definition) is 2. The summed E-state index contributed by atoms with van der Waals surface area (Å²) in [6.45, 7) is 7.74. The van der Waals surface area contributed by atoms with E-state index >= 15 is 0 Å². The van der Waals surface area contributed by atoms with Crippen LogP contribution in [-0.4, -0.2) is 35.3 Å². The molecule has 1 aliphatic rings. The summed E-state index contributed by atoms with van der Waals surface area (Å²) in [5.74, 6) is 2.36. The fourth-order valence-electron chi connectivity index (χ4n) is 2.09. The van der Waals surface area contributed by atoms with Crippen molar-refractivity contribution >= 4 is 11.6 Å². The maximum absolute atomic E-state index is 5.86. The fourth-order valence-corrected chi connectivity index (χ4v) is 2.09. The molecular weight excluding hydrogens is 192 g/mol. The van der Waals surface area contributed by atoms with Gasteiger partial charge in [0, 0.05) is 13.1 Å². The summed E-state index contributed by atoms with van der Waals surface area (Å²) in [5.41, 5.74) is 5.86. The Morgan fingerprint density at radius 1 is 1.40 bits per heavy atom. The number of H-pyrrole nitrogens is 1. The summed E-state index contributed by atoms with van der Waals surface area (Å²) in [7, 11) is 0. The average Bonchev–Trinajstić information content (AvgIpc) is 2.43. The molecule has 1 aliphatic heterocycles. The number of nitrogens with zero attached hydrogens (tertiary/aromatic N) is 2. The molecule has 0 saturated carbocycles. The first-order valence-corrected chi connectivity index (χ1v) is 5.28. The first kappa shape index (κ1) is 10.3. The molecule has 1 fully saturated rings. The molecule has 15 heavy (non-hydrogen) atoms. The van der Waals surface area contributed by atoms with E-state index in [1.54, 1.807) is 0 Å². The molecule has 2 rings (SSSR count). The molecule has 5 heteroatoms. The quantitative estimate of drug-likeness (QED) is 0.723. The summed E-state index contributed by atoms with van der Waals surface area (Å²) in [6.07, 6.45) is 0.454. The van der Waals surface area contributed by atoms with Gasteiger partial charge >= 0.3 is 0 Å². The number of aryl methyl sites for hydroxylation is 1. The number of nitrogens with one attached hydrogen (secondary N) is 1. The van der Waals surface area contributed by atoms with Crippen LogP contribution in [0.25, 0.3) is 0 Å². The number of morpholine rings is 1. The number of rotatable bonds is 1. The van der Waals surface area contributed by atoms with Gasteiger partial charge in [0.15, 0.2) is 5.82 Å². The Morgan fingerprint density at radius 3 is 2.47 bits per heavy atom. The first-order chi connectivity index (χ1) is 7.06. The minimum Gasteiger partial charge on any atom is -0.382 e. The van der Waals surface area contributed by atoms with E-state index in [1.165, 1.54) is 0 Å². The molecule has 0 bridgehead atoms. The maximum atomic E-state index is 5.86. The Balaban J connectivity index is 2.19. The van der Waals surface area contributed by atoms with E-state index in [4.69, 9.17) is 10.5 Å². The predicted octanol–water partition coefficient (Wildman–Crippen LogP) is 0.914. The number of anilines is 2. The predicted molar refractivity (Wildman–Crippen MR) is 60.0 cm³/mol. The van der Waals surface area contributed by atoms with Crippen molar-refractivity contribution in [3.05, 3.63) is 5.82 Å². The van der Waals surface area contributed by atoms with Crippen LogP contribution in [0.2, 0.25) is 0 Å². The van der Waals surface area contributed by atoms with Gasteiger partial charge < -0.3 is 20.4 Å². The first-order valence-electron chi connectivity index (χ1n) is 5.28. The van der Waals surface area contributed by atoms with Gasteiger partial charge in [0.25, 0.3) is 0 Å². The highest BCUT2D eigenvalue weighted by Gasteiger charge is 2.25. The highest BCUT2D eigenvalue weighted by molar-refractivity contribution is 5.59. The van der Waals surface area contributed by atoms with E-state index in [0.29, 0.717) is 5.82 Å². The Kier molecular flexibility index (Phi) is 2.56. The zero-order valence-corrected chi connectivity index (χ0v) is 9.45. The molecule has 84 valence electrons. The molecular formula is C10H18N4O. The maximum Gasteiger partial charge on any atom is 0.171 e. The van der Waals surface area contributed by atoms with Crippen molar-refractivity contribution in [2.75, 3.05) is 23.7 Å². The molecule has 0 radical (unpaired) electrons. The lowest BCUT2D eigenvalue weighted by Crippen LogP contribution is -2.45. The Hall–Kier alpha value is -1.23. The lowest BCUT2D eigenvalue weighted by molar-refractivity contribution is -0.00539. The molecule has 0 spiro atoms. The van der Waals surface area contributed by atoms with Crippen LogP contribution in [0.1, 0.15) is 19.7 Å². The largest absolute Gasteiger partial charge is 0.382 e.